The Kier molecular flexibility index (Phi) is 14.3. The lowest BCUT2D eigenvalue weighted by Crippen LogP contribution is -2.49. The van der Waals surface area contributed by atoms with Crippen LogP contribution in [0.15, 0.2) is 35.3 Å². The van der Waals surface area contributed by atoms with Gasteiger partial charge >= 0.3 is 0 Å². The Morgan fingerprint density at radius 1 is 1.13 bits per heavy atom. The number of hydrogen-bond acceptors (Lipinski definition) is 4. The topological polar surface area (TPSA) is 69.2 Å². The summed E-state index contributed by atoms with van der Waals surface area (Å²) in [6.07, 6.45) is 1.38. The summed E-state index contributed by atoms with van der Waals surface area (Å²) in [6.45, 7) is 13.3. The number of guanidine groups is 1. The largest absolute Gasteiger partial charge is 0.381 e. The molecule has 1 aliphatic rings. The number of anilines is 1. The second-order valence-corrected chi connectivity index (χ2v) is 7.96. The quantitative estimate of drug-likeness (QED) is 0.194. The molecule has 1 aromatic carbocycles. The van der Waals surface area contributed by atoms with E-state index < -0.39 is 0 Å². The molecule has 0 unspecified atom stereocenters. The molecular formula is C23H40IN5O2. The predicted molar refractivity (Wildman–Crippen MR) is 140 cm³/mol. The van der Waals surface area contributed by atoms with Crippen molar-refractivity contribution < 1.29 is 9.53 Å². The van der Waals surface area contributed by atoms with Crippen LogP contribution in [0.5, 0.6) is 0 Å². The summed E-state index contributed by atoms with van der Waals surface area (Å²) >= 11 is 0. The maximum atomic E-state index is 12.6. The van der Waals surface area contributed by atoms with Gasteiger partial charge in [0.25, 0.3) is 0 Å². The predicted octanol–water partition coefficient (Wildman–Crippen LogP) is 2.96. The summed E-state index contributed by atoms with van der Waals surface area (Å²) in [4.78, 5) is 21.4. The van der Waals surface area contributed by atoms with E-state index in [0.717, 1.165) is 58.3 Å². The van der Waals surface area contributed by atoms with E-state index in [2.05, 4.69) is 58.6 Å². The van der Waals surface area contributed by atoms with Crippen molar-refractivity contribution in [2.45, 2.75) is 33.6 Å². The lowest BCUT2D eigenvalue weighted by Gasteiger charge is -2.36. The highest BCUT2D eigenvalue weighted by Gasteiger charge is 2.20. The van der Waals surface area contributed by atoms with Crippen molar-refractivity contribution >= 4 is 41.5 Å². The third-order valence-corrected chi connectivity index (χ3v) is 4.90. The number of aliphatic imine (C=N–C) groups is 1. The standard InChI is InChI=1S/C23H39N5O2.HI/c1-4-24-23(25-12-8-18-30-19-20(2)3)26-13-11-22(29)28-16-14-27(15-17-28)21-9-6-5-7-10-21;/h5-7,9-10,20H,4,8,11-19H2,1-3H3,(H2,24,25,26);1H. The number of nitrogens with one attached hydrogen (secondary N) is 2. The molecule has 0 bridgehead atoms. The van der Waals surface area contributed by atoms with E-state index in [9.17, 15) is 4.79 Å². The van der Waals surface area contributed by atoms with E-state index in [4.69, 9.17) is 4.74 Å². The first-order valence-corrected chi connectivity index (χ1v) is 11.3. The SMILES string of the molecule is CCNC(=NCCCOCC(C)C)NCCC(=O)N1CCN(c2ccccc2)CC1.I. The van der Waals surface area contributed by atoms with Crippen molar-refractivity contribution in [3.8, 4) is 0 Å². The molecule has 2 N–H and O–H groups in total. The third kappa shape index (κ3) is 11.0. The first kappa shape index (κ1) is 27.5. The molecule has 0 radical (unpaired) electrons. The van der Waals surface area contributed by atoms with Crippen LogP contribution in [0.2, 0.25) is 0 Å². The molecule has 0 aromatic heterocycles. The average molecular weight is 546 g/mol. The van der Waals surface area contributed by atoms with Gasteiger partial charge in [-0.25, -0.2) is 0 Å². The molecule has 0 spiro atoms. The van der Waals surface area contributed by atoms with Crippen LogP contribution in [0, 0.1) is 5.92 Å². The van der Waals surface area contributed by atoms with Gasteiger partial charge in [-0.1, -0.05) is 32.0 Å². The third-order valence-electron chi connectivity index (χ3n) is 4.90. The van der Waals surface area contributed by atoms with Gasteiger partial charge in [-0.05, 0) is 31.4 Å². The molecule has 1 amide bonds. The van der Waals surface area contributed by atoms with Crippen molar-refractivity contribution in [3.63, 3.8) is 0 Å². The van der Waals surface area contributed by atoms with E-state index >= 15 is 0 Å². The van der Waals surface area contributed by atoms with Gasteiger partial charge < -0.3 is 25.2 Å². The fourth-order valence-corrected chi connectivity index (χ4v) is 3.32. The number of carbonyl (C=O) groups is 1. The molecule has 2 rings (SSSR count). The highest BCUT2D eigenvalue weighted by Crippen LogP contribution is 2.15. The van der Waals surface area contributed by atoms with E-state index in [-0.39, 0.29) is 29.9 Å². The maximum Gasteiger partial charge on any atom is 0.224 e. The Labute approximate surface area is 205 Å². The fourth-order valence-electron chi connectivity index (χ4n) is 3.32. The molecule has 1 fully saturated rings. The average Bonchev–Trinajstić information content (AvgIpc) is 2.76. The highest BCUT2D eigenvalue weighted by molar-refractivity contribution is 14.0. The molecule has 1 heterocycles. The van der Waals surface area contributed by atoms with Crippen molar-refractivity contribution in [2.75, 3.05) is 63.9 Å². The second kappa shape index (κ2) is 16.1. The number of piperazine rings is 1. The number of halogens is 1. The lowest BCUT2D eigenvalue weighted by molar-refractivity contribution is -0.131. The molecule has 0 atom stereocenters. The summed E-state index contributed by atoms with van der Waals surface area (Å²) < 4.78 is 5.59. The highest BCUT2D eigenvalue weighted by atomic mass is 127. The van der Waals surface area contributed by atoms with Crippen molar-refractivity contribution in [1.82, 2.24) is 15.5 Å². The number of rotatable bonds is 11. The number of hydrogen-bond donors (Lipinski definition) is 2. The molecule has 0 aliphatic carbocycles. The minimum Gasteiger partial charge on any atom is -0.381 e. The zero-order valence-corrected chi connectivity index (χ0v) is 21.6. The zero-order valence-electron chi connectivity index (χ0n) is 19.3. The van der Waals surface area contributed by atoms with E-state index in [1.807, 2.05) is 17.9 Å². The van der Waals surface area contributed by atoms with Gasteiger partial charge in [-0.2, -0.15) is 0 Å². The Hall–Kier alpha value is -1.55. The number of para-hydroxylation sites is 1. The molecule has 1 saturated heterocycles. The number of nitrogens with zero attached hydrogens (tertiary/aromatic N) is 3. The minimum absolute atomic E-state index is 0. The summed E-state index contributed by atoms with van der Waals surface area (Å²) in [5.41, 5.74) is 1.23. The van der Waals surface area contributed by atoms with Crippen LogP contribution >= 0.6 is 24.0 Å². The van der Waals surface area contributed by atoms with Gasteiger partial charge in [-0.3, -0.25) is 9.79 Å². The molecule has 7 nitrogen and oxygen atoms in total. The van der Waals surface area contributed by atoms with Crippen LogP contribution in [-0.2, 0) is 9.53 Å². The normalized spacial score (nSPS) is 14.4. The van der Waals surface area contributed by atoms with E-state index in [0.29, 0.717) is 25.4 Å². The van der Waals surface area contributed by atoms with Crippen molar-refractivity contribution in [1.29, 1.82) is 0 Å². The van der Waals surface area contributed by atoms with Gasteiger partial charge in [0.15, 0.2) is 5.96 Å². The number of amides is 1. The van der Waals surface area contributed by atoms with Crippen LogP contribution < -0.4 is 15.5 Å². The summed E-state index contributed by atoms with van der Waals surface area (Å²) in [5.74, 6) is 1.53. The zero-order chi connectivity index (χ0) is 21.6. The minimum atomic E-state index is 0. The Morgan fingerprint density at radius 3 is 2.48 bits per heavy atom. The summed E-state index contributed by atoms with van der Waals surface area (Å²) in [7, 11) is 0. The first-order valence-electron chi connectivity index (χ1n) is 11.3. The van der Waals surface area contributed by atoms with Crippen LogP contribution in [-0.4, -0.2) is 75.8 Å². The van der Waals surface area contributed by atoms with Gasteiger partial charge in [0, 0.05) is 71.1 Å². The summed E-state index contributed by atoms with van der Waals surface area (Å²) in [5, 5.41) is 6.51. The smallest absolute Gasteiger partial charge is 0.224 e. The molecule has 31 heavy (non-hydrogen) atoms. The van der Waals surface area contributed by atoms with Gasteiger partial charge in [0.05, 0.1) is 0 Å². The van der Waals surface area contributed by atoms with Gasteiger partial charge in [0.1, 0.15) is 0 Å². The number of benzene rings is 1. The molecule has 0 saturated carbocycles. The van der Waals surface area contributed by atoms with E-state index in [1.54, 1.807) is 0 Å². The number of ether oxygens (including phenoxy) is 1. The summed E-state index contributed by atoms with van der Waals surface area (Å²) in [6, 6.07) is 10.4. The molecule has 176 valence electrons. The molecule has 1 aromatic rings. The van der Waals surface area contributed by atoms with Crippen LogP contribution in [0.25, 0.3) is 0 Å². The first-order chi connectivity index (χ1) is 14.6. The molecular weight excluding hydrogens is 505 g/mol. The van der Waals surface area contributed by atoms with E-state index in [1.165, 1.54) is 5.69 Å². The fraction of sp³-hybridized carbons (Fsp3) is 0.652. The Bertz CT molecular complexity index is 634. The van der Waals surface area contributed by atoms with Gasteiger partial charge in [-0.15, -0.1) is 24.0 Å². The monoisotopic (exact) mass is 545 g/mol. The van der Waals surface area contributed by atoms with Crippen molar-refractivity contribution in [3.05, 3.63) is 30.3 Å². The Morgan fingerprint density at radius 2 is 1.84 bits per heavy atom. The number of carbonyl (C=O) groups excluding carboxylic acids is 1. The lowest BCUT2D eigenvalue weighted by atomic mass is 10.2. The van der Waals surface area contributed by atoms with Crippen LogP contribution in [0.4, 0.5) is 5.69 Å². The molecule has 8 heteroatoms. The van der Waals surface area contributed by atoms with Crippen LogP contribution in [0.1, 0.15) is 33.6 Å². The van der Waals surface area contributed by atoms with Crippen molar-refractivity contribution in [2.24, 2.45) is 10.9 Å². The van der Waals surface area contributed by atoms with Gasteiger partial charge in [0.2, 0.25) is 5.91 Å². The molecule has 1 aliphatic heterocycles. The Balaban J connectivity index is 0.00000480. The maximum absolute atomic E-state index is 12.6. The second-order valence-electron chi connectivity index (χ2n) is 7.96. The van der Waals surface area contributed by atoms with Crippen LogP contribution in [0.3, 0.4) is 0 Å².